The van der Waals surface area contributed by atoms with Crippen LogP contribution in [0, 0.1) is 12.7 Å². The summed E-state index contributed by atoms with van der Waals surface area (Å²) in [5.74, 6) is -0.889. The number of benzene rings is 1. The van der Waals surface area contributed by atoms with Gasteiger partial charge in [0.05, 0.1) is 6.61 Å². The van der Waals surface area contributed by atoms with Crippen molar-refractivity contribution in [3.63, 3.8) is 0 Å². The van der Waals surface area contributed by atoms with E-state index in [4.69, 9.17) is 20.9 Å². The maximum atomic E-state index is 13.9. The van der Waals surface area contributed by atoms with Gasteiger partial charge in [-0.1, -0.05) is 16.8 Å². The van der Waals surface area contributed by atoms with Crippen LogP contribution in [0.3, 0.4) is 0 Å². The van der Waals surface area contributed by atoms with Gasteiger partial charge in [-0.15, -0.1) is 0 Å². The van der Waals surface area contributed by atoms with Gasteiger partial charge in [-0.2, -0.15) is 0 Å². The van der Waals surface area contributed by atoms with E-state index in [9.17, 15) is 9.18 Å². The Kier molecular flexibility index (Phi) is 3.85. The molecular formula is C13H11ClFNO3. The molecule has 1 aromatic heterocycles. The molecule has 0 unspecified atom stereocenters. The summed E-state index contributed by atoms with van der Waals surface area (Å²) in [6, 6.07) is 4.10. The van der Waals surface area contributed by atoms with Crippen LogP contribution in [0.15, 0.2) is 22.7 Å². The van der Waals surface area contributed by atoms with Crippen LogP contribution >= 0.6 is 11.6 Å². The quantitative estimate of drug-likeness (QED) is 0.807. The van der Waals surface area contributed by atoms with Crippen LogP contribution in [0.4, 0.5) is 4.39 Å². The highest BCUT2D eigenvalue weighted by Gasteiger charge is 2.24. The van der Waals surface area contributed by atoms with E-state index in [0.717, 1.165) is 6.07 Å². The zero-order valence-corrected chi connectivity index (χ0v) is 11.1. The fourth-order valence-electron chi connectivity index (χ4n) is 1.68. The molecule has 0 fully saturated rings. The molecular weight excluding hydrogens is 273 g/mol. The van der Waals surface area contributed by atoms with Crippen LogP contribution < -0.4 is 0 Å². The first-order valence-corrected chi connectivity index (χ1v) is 6.01. The predicted octanol–water partition coefficient (Wildman–Crippen LogP) is 3.62. The lowest BCUT2D eigenvalue weighted by atomic mass is 10.1. The minimum Gasteiger partial charge on any atom is -0.462 e. The molecule has 2 aromatic rings. The normalized spacial score (nSPS) is 10.5. The Morgan fingerprint density at radius 2 is 2.26 bits per heavy atom. The highest BCUT2D eigenvalue weighted by molar-refractivity contribution is 6.30. The number of carbonyl (C=O) groups is 1. The van der Waals surface area contributed by atoms with E-state index in [1.807, 2.05) is 0 Å². The van der Waals surface area contributed by atoms with Crippen LogP contribution in [0.5, 0.6) is 0 Å². The Morgan fingerprint density at radius 1 is 1.53 bits per heavy atom. The van der Waals surface area contributed by atoms with Crippen molar-refractivity contribution >= 4 is 17.6 Å². The summed E-state index contributed by atoms with van der Waals surface area (Å²) in [6.45, 7) is 3.46. The largest absolute Gasteiger partial charge is 0.462 e. The van der Waals surface area contributed by atoms with E-state index in [0.29, 0.717) is 0 Å². The Labute approximate surface area is 114 Å². The third-order valence-electron chi connectivity index (χ3n) is 2.53. The van der Waals surface area contributed by atoms with Crippen molar-refractivity contribution in [1.29, 1.82) is 0 Å². The molecule has 0 radical (unpaired) electrons. The Hall–Kier alpha value is -1.88. The molecule has 6 heteroatoms. The number of nitrogens with zero attached hydrogens (tertiary/aromatic N) is 1. The molecule has 0 saturated heterocycles. The van der Waals surface area contributed by atoms with Crippen LogP contribution in [0.2, 0.25) is 5.02 Å². The molecule has 0 spiro atoms. The van der Waals surface area contributed by atoms with Crippen LogP contribution in [-0.4, -0.2) is 17.7 Å². The second kappa shape index (κ2) is 5.40. The van der Waals surface area contributed by atoms with Crippen LogP contribution in [0.1, 0.15) is 23.0 Å². The van der Waals surface area contributed by atoms with Crippen LogP contribution in [0.25, 0.3) is 11.3 Å². The Balaban J connectivity index is 2.54. The lowest BCUT2D eigenvalue weighted by Crippen LogP contribution is -2.07. The van der Waals surface area contributed by atoms with Gasteiger partial charge in [-0.3, -0.25) is 0 Å². The van der Waals surface area contributed by atoms with Crippen molar-refractivity contribution in [2.24, 2.45) is 0 Å². The van der Waals surface area contributed by atoms with E-state index < -0.39 is 11.8 Å². The summed E-state index contributed by atoms with van der Waals surface area (Å²) in [6.07, 6.45) is 0. The van der Waals surface area contributed by atoms with Crippen molar-refractivity contribution in [1.82, 2.24) is 5.16 Å². The van der Waals surface area contributed by atoms with Crippen molar-refractivity contribution in [2.45, 2.75) is 13.8 Å². The number of halogens is 2. The maximum Gasteiger partial charge on any atom is 0.344 e. The van der Waals surface area contributed by atoms with Gasteiger partial charge in [0, 0.05) is 10.6 Å². The summed E-state index contributed by atoms with van der Waals surface area (Å²) in [7, 11) is 0. The molecule has 0 amide bonds. The summed E-state index contributed by atoms with van der Waals surface area (Å²) in [5.41, 5.74) is 0.387. The Bertz CT molecular complexity index is 624. The monoisotopic (exact) mass is 283 g/mol. The average molecular weight is 284 g/mol. The predicted molar refractivity (Wildman–Crippen MR) is 67.6 cm³/mol. The fourth-order valence-corrected chi connectivity index (χ4v) is 1.84. The number of carbonyl (C=O) groups excluding carboxylic acids is 1. The van der Waals surface area contributed by atoms with E-state index in [-0.39, 0.29) is 34.2 Å². The van der Waals surface area contributed by atoms with Crippen molar-refractivity contribution < 1.29 is 18.4 Å². The molecule has 0 bridgehead atoms. The lowest BCUT2D eigenvalue weighted by molar-refractivity contribution is 0.0525. The number of aromatic nitrogens is 1. The summed E-state index contributed by atoms with van der Waals surface area (Å²) in [5, 5.41) is 3.98. The molecule has 0 atom stereocenters. The topological polar surface area (TPSA) is 52.3 Å². The molecule has 0 aliphatic rings. The first-order chi connectivity index (χ1) is 9.04. The number of hydrogen-bond donors (Lipinski definition) is 0. The number of rotatable bonds is 3. The van der Waals surface area contributed by atoms with Gasteiger partial charge in [0.15, 0.2) is 0 Å². The molecule has 4 nitrogen and oxygen atoms in total. The third-order valence-corrected chi connectivity index (χ3v) is 2.76. The van der Waals surface area contributed by atoms with Crippen molar-refractivity contribution in [2.75, 3.05) is 6.61 Å². The second-order valence-corrected chi connectivity index (χ2v) is 4.24. The molecule has 1 aromatic carbocycles. The van der Waals surface area contributed by atoms with Gasteiger partial charge < -0.3 is 9.26 Å². The SMILES string of the molecule is CCOC(=O)c1c(-c2ccc(Cl)cc2F)noc1C. The minimum absolute atomic E-state index is 0.116. The average Bonchev–Trinajstić information content (AvgIpc) is 2.71. The number of hydrogen-bond acceptors (Lipinski definition) is 4. The highest BCUT2D eigenvalue weighted by atomic mass is 35.5. The van der Waals surface area contributed by atoms with E-state index >= 15 is 0 Å². The smallest absolute Gasteiger partial charge is 0.344 e. The standard InChI is InChI=1S/C13H11ClFNO3/c1-3-18-13(17)11-7(2)19-16-12(11)9-5-4-8(14)6-10(9)15/h4-6H,3H2,1-2H3. The molecule has 0 aliphatic heterocycles. The van der Waals surface area contributed by atoms with Gasteiger partial charge in [-0.05, 0) is 32.0 Å². The van der Waals surface area contributed by atoms with E-state index in [2.05, 4.69) is 5.16 Å². The third kappa shape index (κ3) is 2.61. The number of aryl methyl sites for hydroxylation is 1. The van der Waals surface area contributed by atoms with Gasteiger partial charge >= 0.3 is 5.97 Å². The molecule has 0 N–H and O–H groups in total. The fraction of sp³-hybridized carbons (Fsp3) is 0.231. The van der Waals surface area contributed by atoms with E-state index in [1.54, 1.807) is 13.8 Å². The first-order valence-electron chi connectivity index (χ1n) is 5.63. The maximum absolute atomic E-state index is 13.9. The van der Waals surface area contributed by atoms with Gasteiger partial charge in [0.2, 0.25) is 0 Å². The minimum atomic E-state index is -0.592. The summed E-state index contributed by atoms with van der Waals surface area (Å²) in [4.78, 5) is 11.8. The summed E-state index contributed by atoms with van der Waals surface area (Å²) < 4.78 is 23.7. The van der Waals surface area contributed by atoms with Gasteiger partial charge in [0.25, 0.3) is 0 Å². The zero-order valence-electron chi connectivity index (χ0n) is 10.4. The van der Waals surface area contributed by atoms with Gasteiger partial charge in [-0.25, -0.2) is 9.18 Å². The molecule has 100 valence electrons. The molecule has 1 heterocycles. The lowest BCUT2D eigenvalue weighted by Gasteiger charge is -2.04. The van der Waals surface area contributed by atoms with Gasteiger partial charge in [0.1, 0.15) is 22.8 Å². The van der Waals surface area contributed by atoms with Crippen molar-refractivity contribution in [3.8, 4) is 11.3 Å². The Morgan fingerprint density at radius 3 is 2.89 bits per heavy atom. The number of ether oxygens (including phenoxy) is 1. The van der Waals surface area contributed by atoms with Crippen molar-refractivity contribution in [3.05, 3.63) is 40.4 Å². The highest BCUT2D eigenvalue weighted by Crippen LogP contribution is 2.29. The zero-order chi connectivity index (χ0) is 14.0. The van der Waals surface area contributed by atoms with Crippen LogP contribution in [-0.2, 0) is 4.74 Å². The molecule has 19 heavy (non-hydrogen) atoms. The summed E-state index contributed by atoms with van der Waals surface area (Å²) >= 11 is 5.69. The molecule has 0 saturated carbocycles. The molecule has 0 aliphatic carbocycles. The number of esters is 1. The molecule has 2 rings (SSSR count). The second-order valence-electron chi connectivity index (χ2n) is 3.81. The van der Waals surface area contributed by atoms with E-state index in [1.165, 1.54) is 12.1 Å². The first kappa shape index (κ1) is 13.5.